The molecule has 0 aliphatic carbocycles. The summed E-state index contributed by atoms with van der Waals surface area (Å²) in [6, 6.07) is 13.7. The lowest BCUT2D eigenvalue weighted by atomic mass is 10.2. The molecular weight excluding hydrogens is 268 g/mol. The van der Waals surface area contributed by atoms with Crippen LogP contribution in [0.4, 0.5) is 5.69 Å². The lowest BCUT2D eigenvalue weighted by Crippen LogP contribution is -2.25. The second kappa shape index (κ2) is 5.66. The number of methoxy groups -OCH3 is 1. The van der Waals surface area contributed by atoms with Gasteiger partial charge in [-0.3, -0.25) is 0 Å². The zero-order valence-electron chi connectivity index (χ0n) is 11.5. The third-order valence-electron chi connectivity index (χ3n) is 3.12. The SMILES string of the molecule is COC(=O)C1=CN(Cc2ccccc2)c2cccnc2O1. The minimum absolute atomic E-state index is 0.125. The third kappa shape index (κ3) is 2.72. The van der Waals surface area contributed by atoms with Crippen LogP contribution in [0.25, 0.3) is 0 Å². The topological polar surface area (TPSA) is 51.7 Å². The Hall–Kier alpha value is -2.82. The van der Waals surface area contributed by atoms with Gasteiger partial charge in [-0.15, -0.1) is 0 Å². The molecule has 1 aromatic heterocycles. The zero-order chi connectivity index (χ0) is 14.7. The Morgan fingerprint density at radius 3 is 2.81 bits per heavy atom. The summed E-state index contributed by atoms with van der Waals surface area (Å²) in [5.74, 6) is 0.000303. The lowest BCUT2D eigenvalue weighted by molar-refractivity contribution is -0.138. The molecule has 0 unspecified atom stereocenters. The van der Waals surface area contributed by atoms with Crippen molar-refractivity contribution in [1.29, 1.82) is 0 Å². The van der Waals surface area contributed by atoms with E-state index in [-0.39, 0.29) is 5.76 Å². The molecule has 5 nitrogen and oxygen atoms in total. The molecule has 2 aromatic rings. The molecule has 0 spiro atoms. The Kier molecular flexibility index (Phi) is 3.55. The van der Waals surface area contributed by atoms with Crippen molar-refractivity contribution in [3.05, 3.63) is 66.2 Å². The number of carbonyl (C=O) groups excluding carboxylic acids is 1. The molecule has 2 heterocycles. The number of anilines is 1. The van der Waals surface area contributed by atoms with Gasteiger partial charge in [0.1, 0.15) is 5.69 Å². The van der Waals surface area contributed by atoms with E-state index in [0.29, 0.717) is 12.4 Å². The number of hydrogen-bond donors (Lipinski definition) is 0. The van der Waals surface area contributed by atoms with Crippen LogP contribution in [0.1, 0.15) is 5.56 Å². The van der Waals surface area contributed by atoms with Gasteiger partial charge in [-0.05, 0) is 17.7 Å². The molecule has 3 rings (SSSR count). The molecule has 0 atom stereocenters. The van der Waals surface area contributed by atoms with Gasteiger partial charge in [-0.2, -0.15) is 0 Å². The van der Waals surface area contributed by atoms with Gasteiger partial charge in [0.15, 0.2) is 0 Å². The fourth-order valence-corrected chi connectivity index (χ4v) is 2.13. The van der Waals surface area contributed by atoms with Crippen LogP contribution in [-0.4, -0.2) is 18.1 Å². The number of aromatic nitrogens is 1. The number of pyridine rings is 1. The van der Waals surface area contributed by atoms with Crippen LogP contribution in [0, 0.1) is 0 Å². The highest BCUT2D eigenvalue weighted by atomic mass is 16.6. The Labute approximate surface area is 122 Å². The van der Waals surface area contributed by atoms with Gasteiger partial charge in [0, 0.05) is 12.7 Å². The van der Waals surface area contributed by atoms with E-state index in [1.165, 1.54) is 7.11 Å². The largest absolute Gasteiger partial charge is 0.463 e. The molecule has 0 N–H and O–H groups in total. The third-order valence-corrected chi connectivity index (χ3v) is 3.12. The summed E-state index contributed by atoms with van der Waals surface area (Å²) < 4.78 is 10.2. The summed E-state index contributed by atoms with van der Waals surface area (Å²) in [6.45, 7) is 0.614. The maximum absolute atomic E-state index is 11.7. The number of rotatable bonds is 3. The number of esters is 1. The summed E-state index contributed by atoms with van der Waals surface area (Å²) in [5.41, 5.74) is 1.93. The molecule has 1 aliphatic heterocycles. The minimum atomic E-state index is -0.524. The van der Waals surface area contributed by atoms with Gasteiger partial charge in [0.2, 0.25) is 11.6 Å². The Bertz CT molecular complexity index is 683. The van der Waals surface area contributed by atoms with Crippen molar-refractivity contribution >= 4 is 11.7 Å². The smallest absolute Gasteiger partial charge is 0.375 e. The standard InChI is InChI=1S/C16H14N2O3/c1-20-16(19)14-11-18(10-12-6-3-2-4-7-12)13-8-5-9-17-15(13)21-14/h2-9,11H,10H2,1H3. The second-order valence-electron chi connectivity index (χ2n) is 4.53. The second-order valence-corrected chi connectivity index (χ2v) is 4.53. The normalized spacial score (nSPS) is 13.0. The molecule has 1 aromatic carbocycles. The van der Waals surface area contributed by atoms with Gasteiger partial charge in [-0.1, -0.05) is 30.3 Å². The predicted octanol–water partition coefficient (Wildman–Crippen LogP) is 2.50. The van der Waals surface area contributed by atoms with E-state index >= 15 is 0 Å². The molecule has 0 radical (unpaired) electrons. The molecule has 106 valence electrons. The lowest BCUT2D eigenvalue weighted by Gasteiger charge is -2.27. The highest BCUT2D eigenvalue weighted by Crippen LogP contribution is 2.33. The molecular formula is C16H14N2O3. The zero-order valence-corrected chi connectivity index (χ0v) is 11.5. The molecule has 0 fully saturated rings. The molecule has 0 saturated carbocycles. The van der Waals surface area contributed by atoms with Crippen LogP contribution >= 0.6 is 0 Å². The first-order valence-corrected chi connectivity index (χ1v) is 6.51. The van der Waals surface area contributed by atoms with Crippen molar-refractivity contribution in [2.45, 2.75) is 6.54 Å². The number of fused-ring (bicyclic) bond motifs is 1. The number of hydrogen-bond acceptors (Lipinski definition) is 5. The first-order valence-electron chi connectivity index (χ1n) is 6.51. The van der Waals surface area contributed by atoms with Crippen molar-refractivity contribution in [1.82, 2.24) is 4.98 Å². The average molecular weight is 282 g/mol. The number of carbonyl (C=O) groups is 1. The van der Waals surface area contributed by atoms with Crippen LogP contribution in [0.2, 0.25) is 0 Å². The fraction of sp³-hybridized carbons (Fsp3) is 0.125. The van der Waals surface area contributed by atoms with E-state index in [1.807, 2.05) is 47.4 Å². The van der Waals surface area contributed by atoms with E-state index in [1.54, 1.807) is 12.4 Å². The van der Waals surface area contributed by atoms with Gasteiger partial charge < -0.3 is 14.4 Å². The van der Waals surface area contributed by atoms with Gasteiger partial charge in [0.25, 0.3) is 0 Å². The maximum atomic E-state index is 11.7. The maximum Gasteiger partial charge on any atom is 0.375 e. The highest BCUT2D eigenvalue weighted by Gasteiger charge is 2.24. The number of nitrogens with zero attached hydrogens (tertiary/aromatic N) is 2. The molecule has 0 bridgehead atoms. The highest BCUT2D eigenvalue weighted by molar-refractivity contribution is 5.88. The first kappa shape index (κ1) is 13.2. The molecule has 0 saturated heterocycles. The summed E-state index contributed by atoms with van der Waals surface area (Å²) in [4.78, 5) is 17.8. The summed E-state index contributed by atoms with van der Waals surface area (Å²) in [6.07, 6.45) is 3.27. The monoisotopic (exact) mass is 282 g/mol. The molecule has 1 aliphatic rings. The molecule has 0 amide bonds. The van der Waals surface area contributed by atoms with Crippen molar-refractivity contribution in [2.75, 3.05) is 12.0 Å². The van der Waals surface area contributed by atoms with Crippen LogP contribution in [0.15, 0.2) is 60.6 Å². The number of ether oxygens (including phenoxy) is 2. The van der Waals surface area contributed by atoms with E-state index in [9.17, 15) is 4.79 Å². The summed E-state index contributed by atoms with van der Waals surface area (Å²) >= 11 is 0. The quantitative estimate of drug-likeness (QED) is 0.810. The predicted molar refractivity (Wildman–Crippen MR) is 77.6 cm³/mol. The summed E-state index contributed by atoms with van der Waals surface area (Å²) in [7, 11) is 1.32. The summed E-state index contributed by atoms with van der Waals surface area (Å²) in [5, 5.41) is 0. The number of benzene rings is 1. The van der Waals surface area contributed by atoms with E-state index < -0.39 is 5.97 Å². The van der Waals surface area contributed by atoms with Crippen molar-refractivity contribution in [3.8, 4) is 5.88 Å². The van der Waals surface area contributed by atoms with Gasteiger partial charge in [-0.25, -0.2) is 9.78 Å². The van der Waals surface area contributed by atoms with E-state index in [0.717, 1.165) is 11.3 Å². The Morgan fingerprint density at radius 1 is 1.24 bits per heavy atom. The van der Waals surface area contributed by atoms with Gasteiger partial charge >= 0.3 is 5.97 Å². The average Bonchev–Trinajstić information content (AvgIpc) is 2.55. The van der Waals surface area contributed by atoms with E-state index in [4.69, 9.17) is 9.47 Å². The first-order chi connectivity index (χ1) is 10.3. The van der Waals surface area contributed by atoms with Crippen LogP contribution in [0.5, 0.6) is 5.88 Å². The van der Waals surface area contributed by atoms with Crippen LogP contribution in [0.3, 0.4) is 0 Å². The van der Waals surface area contributed by atoms with Gasteiger partial charge in [0.05, 0.1) is 13.3 Å². The molecule has 21 heavy (non-hydrogen) atoms. The van der Waals surface area contributed by atoms with E-state index in [2.05, 4.69) is 4.98 Å². The van der Waals surface area contributed by atoms with Crippen LogP contribution < -0.4 is 9.64 Å². The minimum Gasteiger partial charge on any atom is -0.463 e. The van der Waals surface area contributed by atoms with Crippen molar-refractivity contribution < 1.29 is 14.3 Å². The Balaban J connectivity index is 1.96. The fourth-order valence-electron chi connectivity index (χ4n) is 2.13. The molecule has 5 heteroatoms. The Morgan fingerprint density at radius 2 is 2.05 bits per heavy atom. The van der Waals surface area contributed by atoms with Crippen LogP contribution in [-0.2, 0) is 16.1 Å². The van der Waals surface area contributed by atoms with Crippen molar-refractivity contribution in [3.63, 3.8) is 0 Å². The van der Waals surface area contributed by atoms with Crippen molar-refractivity contribution in [2.24, 2.45) is 0 Å².